The molecule has 3 aromatic rings. The van der Waals surface area contributed by atoms with Gasteiger partial charge in [0.05, 0.1) is 5.52 Å². The zero-order valence-electron chi connectivity index (χ0n) is 14.9. The summed E-state index contributed by atoms with van der Waals surface area (Å²) in [7, 11) is 4.14. The van der Waals surface area contributed by atoms with Crippen LogP contribution in [-0.2, 0) is 17.9 Å². The van der Waals surface area contributed by atoms with Gasteiger partial charge in [0, 0.05) is 50.3 Å². The van der Waals surface area contributed by atoms with Crippen molar-refractivity contribution in [2.45, 2.75) is 25.9 Å². The van der Waals surface area contributed by atoms with Crippen LogP contribution in [0.5, 0.6) is 0 Å². The van der Waals surface area contributed by atoms with Crippen molar-refractivity contribution in [3.63, 3.8) is 0 Å². The molecule has 6 nitrogen and oxygen atoms in total. The van der Waals surface area contributed by atoms with Crippen molar-refractivity contribution in [2.24, 2.45) is 0 Å². The molecular formula is C19H25N5O. The van der Waals surface area contributed by atoms with Gasteiger partial charge in [0.1, 0.15) is 0 Å². The predicted molar refractivity (Wildman–Crippen MR) is 101 cm³/mol. The number of amides is 1. The van der Waals surface area contributed by atoms with Gasteiger partial charge in [-0.05, 0) is 50.2 Å². The molecule has 0 aliphatic rings. The standard InChI is InChI=1S/C19H25N5O/c1-22(2)13-14-23-12-8-16-6-7-17(15-18(16)23)21-19(25)5-3-10-24-11-4-9-20-24/h4,6-9,11-12,15H,3,5,10,13-14H2,1-2H3,(H,21,25). The Morgan fingerprint density at radius 1 is 1.20 bits per heavy atom. The van der Waals surface area contributed by atoms with E-state index in [1.165, 1.54) is 5.39 Å². The van der Waals surface area contributed by atoms with Gasteiger partial charge in [-0.3, -0.25) is 9.48 Å². The smallest absolute Gasteiger partial charge is 0.224 e. The maximum Gasteiger partial charge on any atom is 0.224 e. The van der Waals surface area contributed by atoms with Crippen molar-refractivity contribution in [3.8, 4) is 0 Å². The molecule has 2 heterocycles. The van der Waals surface area contributed by atoms with Crippen molar-refractivity contribution in [3.05, 3.63) is 48.9 Å². The zero-order chi connectivity index (χ0) is 17.6. The summed E-state index contributed by atoms with van der Waals surface area (Å²) in [5.41, 5.74) is 2.00. The van der Waals surface area contributed by atoms with E-state index < -0.39 is 0 Å². The molecule has 6 heteroatoms. The minimum absolute atomic E-state index is 0.0397. The molecule has 0 saturated heterocycles. The molecule has 1 N–H and O–H groups in total. The number of hydrogen-bond donors (Lipinski definition) is 1. The maximum absolute atomic E-state index is 12.2. The van der Waals surface area contributed by atoms with Crippen LogP contribution in [0.1, 0.15) is 12.8 Å². The lowest BCUT2D eigenvalue weighted by molar-refractivity contribution is -0.116. The number of rotatable bonds is 8. The molecule has 0 aliphatic heterocycles. The number of carbonyl (C=O) groups excluding carboxylic acids is 1. The highest BCUT2D eigenvalue weighted by Crippen LogP contribution is 2.21. The molecule has 0 radical (unpaired) electrons. The van der Waals surface area contributed by atoms with E-state index in [0.717, 1.165) is 37.3 Å². The van der Waals surface area contributed by atoms with E-state index in [1.807, 2.05) is 23.0 Å². The first kappa shape index (κ1) is 17.2. The third kappa shape index (κ3) is 4.70. The maximum atomic E-state index is 12.2. The Balaban J connectivity index is 1.58. The van der Waals surface area contributed by atoms with E-state index in [2.05, 4.69) is 58.4 Å². The van der Waals surface area contributed by atoms with Crippen LogP contribution in [-0.4, -0.2) is 45.8 Å². The summed E-state index contributed by atoms with van der Waals surface area (Å²) in [6, 6.07) is 10.1. The number of benzene rings is 1. The minimum atomic E-state index is 0.0397. The normalized spacial score (nSPS) is 11.3. The lowest BCUT2D eigenvalue weighted by Gasteiger charge is -2.12. The van der Waals surface area contributed by atoms with Crippen LogP contribution >= 0.6 is 0 Å². The van der Waals surface area contributed by atoms with Crippen LogP contribution < -0.4 is 5.32 Å². The highest BCUT2D eigenvalue weighted by Gasteiger charge is 2.06. The Morgan fingerprint density at radius 3 is 2.84 bits per heavy atom. The molecular weight excluding hydrogens is 314 g/mol. The van der Waals surface area contributed by atoms with Crippen molar-refractivity contribution in [1.82, 2.24) is 19.2 Å². The highest BCUT2D eigenvalue weighted by atomic mass is 16.1. The average Bonchev–Trinajstić information content (AvgIpc) is 3.22. The van der Waals surface area contributed by atoms with E-state index in [0.29, 0.717) is 6.42 Å². The number of likely N-dealkylation sites (N-methyl/N-ethyl adjacent to an activating group) is 1. The summed E-state index contributed by atoms with van der Waals surface area (Å²) >= 11 is 0. The van der Waals surface area contributed by atoms with E-state index >= 15 is 0 Å². The minimum Gasteiger partial charge on any atom is -0.346 e. The quantitative estimate of drug-likeness (QED) is 0.686. The van der Waals surface area contributed by atoms with E-state index in [1.54, 1.807) is 6.20 Å². The molecule has 25 heavy (non-hydrogen) atoms. The Labute approximate surface area is 148 Å². The lowest BCUT2D eigenvalue weighted by atomic mass is 10.2. The van der Waals surface area contributed by atoms with Crippen LogP contribution in [0.2, 0.25) is 0 Å². The van der Waals surface area contributed by atoms with Crippen LogP contribution in [0.4, 0.5) is 5.69 Å². The summed E-state index contributed by atoms with van der Waals surface area (Å²) in [5, 5.41) is 8.34. The molecule has 0 saturated carbocycles. The largest absolute Gasteiger partial charge is 0.346 e. The third-order valence-electron chi connectivity index (χ3n) is 4.20. The van der Waals surface area contributed by atoms with Gasteiger partial charge in [0.2, 0.25) is 5.91 Å². The number of aromatic nitrogens is 3. The SMILES string of the molecule is CN(C)CCn1ccc2ccc(NC(=O)CCCn3cccn3)cc21. The van der Waals surface area contributed by atoms with Gasteiger partial charge in [-0.15, -0.1) is 0 Å². The molecule has 0 atom stereocenters. The zero-order valence-corrected chi connectivity index (χ0v) is 14.9. The van der Waals surface area contributed by atoms with Gasteiger partial charge in [-0.1, -0.05) is 6.07 Å². The second-order valence-corrected chi connectivity index (χ2v) is 6.51. The van der Waals surface area contributed by atoms with Gasteiger partial charge in [0.15, 0.2) is 0 Å². The van der Waals surface area contributed by atoms with Gasteiger partial charge in [-0.25, -0.2) is 0 Å². The Morgan fingerprint density at radius 2 is 2.08 bits per heavy atom. The summed E-state index contributed by atoms with van der Waals surface area (Å²) in [6.07, 6.45) is 7.02. The van der Waals surface area contributed by atoms with Crippen molar-refractivity contribution in [1.29, 1.82) is 0 Å². The number of aryl methyl sites for hydroxylation is 1. The van der Waals surface area contributed by atoms with E-state index in [4.69, 9.17) is 0 Å². The first-order chi connectivity index (χ1) is 12.1. The molecule has 1 aromatic carbocycles. The summed E-state index contributed by atoms with van der Waals surface area (Å²) < 4.78 is 4.07. The fourth-order valence-electron chi connectivity index (χ4n) is 2.82. The first-order valence-electron chi connectivity index (χ1n) is 8.63. The number of nitrogens with one attached hydrogen (secondary N) is 1. The number of nitrogens with zero attached hydrogens (tertiary/aromatic N) is 4. The fraction of sp³-hybridized carbons (Fsp3) is 0.368. The number of anilines is 1. The monoisotopic (exact) mass is 339 g/mol. The second-order valence-electron chi connectivity index (χ2n) is 6.51. The molecule has 0 fully saturated rings. The van der Waals surface area contributed by atoms with Crippen LogP contribution in [0, 0.1) is 0 Å². The molecule has 3 rings (SSSR count). The fourth-order valence-corrected chi connectivity index (χ4v) is 2.82. The van der Waals surface area contributed by atoms with Gasteiger partial charge in [0.25, 0.3) is 0 Å². The summed E-state index contributed by atoms with van der Waals surface area (Å²) in [4.78, 5) is 14.3. The van der Waals surface area contributed by atoms with E-state index in [-0.39, 0.29) is 5.91 Å². The molecule has 0 aliphatic carbocycles. The molecule has 1 amide bonds. The third-order valence-corrected chi connectivity index (χ3v) is 4.20. The number of hydrogen-bond acceptors (Lipinski definition) is 3. The molecule has 0 spiro atoms. The number of fused-ring (bicyclic) bond motifs is 1. The average molecular weight is 339 g/mol. The van der Waals surface area contributed by atoms with Gasteiger partial charge >= 0.3 is 0 Å². The van der Waals surface area contributed by atoms with Gasteiger partial charge < -0.3 is 14.8 Å². The van der Waals surface area contributed by atoms with Crippen LogP contribution in [0.25, 0.3) is 10.9 Å². The second kappa shape index (κ2) is 7.98. The number of carbonyl (C=O) groups is 1. The summed E-state index contributed by atoms with van der Waals surface area (Å²) in [6.45, 7) is 2.67. The Bertz CT molecular complexity index is 820. The predicted octanol–water partition coefficient (Wildman–Crippen LogP) is 2.82. The Hall–Kier alpha value is -2.60. The summed E-state index contributed by atoms with van der Waals surface area (Å²) in [5.74, 6) is 0.0397. The molecule has 0 unspecified atom stereocenters. The van der Waals surface area contributed by atoms with Crippen LogP contribution in [0.15, 0.2) is 48.9 Å². The van der Waals surface area contributed by atoms with Crippen molar-refractivity contribution < 1.29 is 4.79 Å². The Kier molecular flexibility index (Phi) is 5.50. The molecule has 0 bridgehead atoms. The van der Waals surface area contributed by atoms with Crippen LogP contribution in [0.3, 0.4) is 0 Å². The van der Waals surface area contributed by atoms with E-state index in [9.17, 15) is 4.79 Å². The van der Waals surface area contributed by atoms with Gasteiger partial charge in [-0.2, -0.15) is 5.10 Å². The lowest BCUT2D eigenvalue weighted by Crippen LogP contribution is -2.18. The topological polar surface area (TPSA) is 55.1 Å². The first-order valence-corrected chi connectivity index (χ1v) is 8.63. The van der Waals surface area contributed by atoms with Crippen molar-refractivity contribution in [2.75, 3.05) is 26.0 Å². The molecule has 2 aromatic heterocycles. The highest BCUT2D eigenvalue weighted by molar-refractivity contribution is 5.93. The molecule has 132 valence electrons. The van der Waals surface area contributed by atoms with Crippen molar-refractivity contribution >= 4 is 22.5 Å².